The maximum atomic E-state index is 13.9. The summed E-state index contributed by atoms with van der Waals surface area (Å²) in [5.41, 5.74) is -0.235. The van der Waals surface area contributed by atoms with E-state index in [-0.39, 0.29) is 34.3 Å². The third-order valence-corrected chi connectivity index (χ3v) is 5.55. The van der Waals surface area contributed by atoms with Gasteiger partial charge in [0.1, 0.15) is 23.1 Å². The molecule has 31 heavy (non-hydrogen) atoms. The van der Waals surface area contributed by atoms with Crippen LogP contribution in [0, 0.1) is 11.6 Å². The Morgan fingerprint density at radius 2 is 1.84 bits per heavy atom. The van der Waals surface area contributed by atoms with Gasteiger partial charge in [0.2, 0.25) is 11.2 Å². The van der Waals surface area contributed by atoms with E-state index >= 15 is 0 Å². The number of aromatic hydroxyl groups is 2. The largest absolute Gasteiger partial charge is 0.508 e. The molecule has 6 nitrogen and oxygen atoms in total. The van der Waals surface area contributed by atoms with Gasteiger partial charge in [-0.2, -0.15) is 0 Å². The molecule has 3 aromatic rings. The Balaban J connectivity index is 1.97. The summed E-state index contributed by atoms with van der Waals surface area (Å²) in [6, 6.07) is 10.0. The number of carbonyl (C=O) groups excluding carboxylic acids is 1. The summed E-state index contributed by atoms with van der Waals surface area (Å²) in [7, 11) is 1.20. The Morgan fingerprint density at radius 1 is 1.13 bits per heavy atom. The van der Waals surface area contributed by atoms with E-state index in [1.54, 1.807) is 0 Å². The van der Waals surface area contributed by atoms with Crippen molar-refractivity contribution in [3.8, 4) is 11.5 Å². The third kappa shape index (κ3) is 5.43. The molecule has 0 spiro atoms. The van der Waals surface area contributed by atoms with Crippen molar-refractivity contribution in [1.29, 1.82) is 0 Å². The first-order valence-electron chi connectivity index (χ1n) is 9.08. The second kappa shape index (κ2) is 9.65. The summed E-state index contributed by atoms with van der Waals surface area (Å²) in [5, 5.41) is 19.9. The minimum absolute atomic E-state index is 0.00211. The van der Waals surface area contributed by atoms with Gasteiger partial charge in [-0.15, -0.1) is 11.8 Å². The molecule has 0 aliphatic carbocycles. The van der Waals surface area contributed by atoms with E-state index in [4.69, 9.17) is 9.15 Å². The number of halogens is 2. The fraction of sp³-hybridized carbons (Fsp3) is 0.182. The van der Waals surface area contributed by atoms with E-state index in [1.807, 2.05) is 0 Å². The molecule has 9 heteroatoms. The van der Waals surface area contributed by atoms with E-state index in [0.29, 0.717) is 5.56 Å². The quantitative estimate of drug-likeness (QED) is 0.410. The number of phenolic OH excluding ortho intramolecular Hbond substituents is 1. The first-order chi connectivity index (χ1) is 14.8. The summed E-state index contributed by atoms with van der Waals surface area (Å²) in [6.07, 6.45) is -0.235. The third-order valence-electron chi connectivity index (χ3n) is 4.47. The van der Waals surface area contributed by atoms with Crippen LogP contribution in [0.25, 0.3) is 0 Å². The number of phenols is 1. The first kappa shape index (κ1) is 22.4. The van der Waals surface area contributed by atoms with Gasteiger partial charge < -0.3 is 19.4 Å². The number of hydrogen-bond acceptors (Lipinski definition) is 7. The summed E-state index contributed by atoms with van der Waals surface area (Å²) in [4.78, 5) is 24.4. The summed E-state index contributed by atoms with van der Waals surface area (Å²) < 4.78 is 37.4. The highest BCUT2D eigenvalue weighted by atomic mass is 32.2. The number of benzene rings is 2. The van der Waals surface area contributed by atoms with E-state index in [1.165, 1.54) is 37.4 Å². The number of carbonyl (C=O) groups is 1. The summed E-state index contributed by atoms with van der Waals surface area (Å²) in [6.45, 7) is 0. The summed E-state index contributed by atoms with van der Waals surface area (Å²) >= 11 is 0.979. The second-order valence-corrected chi connectivity index (χ2v) is 7.59. The van der Waals surface area contributed by atoms with Crippen molar-refractivity contribution in [2.75, 3.05) is 7.11 Å². The van der Waals surface area contributed by atoms with Crippen LogP contribution in [0.2, 0.25) is 0 Å². The Morgan fingerprint density at radius 3 is 2.48 bits per heavy atom. The lowest BCUT2D eigenvalue weighted by atomic mass is 9.92. The molecule has 1 heterocycles. The lowest BCUT2D eigenvalue weighted by Crippen LogP contribution is -2.14. The molecule has 0 fully saturated rings. The number of rotatable bonds is 7. The number of ether oxygens (including phenoxy) is 1. The van der Waals surface area contributed by atoms with Crippen LogP contribution in [-0.4, -0.2) is 23.3 Å². The van der Waals surface area contributed by atoms with Crippen LogP contribution in [0.4, 0.5) is 8.78 Å². The van der Waals surface area contributed by atoms with Crippen LogP contribution in [0.3, 0.4) is 0 Å². The number of esters is 1. The van der Waals surface area contributed by atoms with Crippen LogP contribution in [0.15, 0.2) is 62.6 Å². The molecular weight excluding hydrogens is 430 g/mol. The van der Waals surface area contributed by atoms with Gasteiger partial charge in [-0.1, -0.05) is 12.1 Å². The van der Waals surface area contributed by atoms with Gasteiger partial charge >= 0.3 is 5.97 Å². The molecular formula is C22H18F2O6S. The molecule has 162 valence electrons. The molecule has 0 amide bonds. The monoisotopic (exact) mass is 448 g/mol. The van der Waals surface area contributed by atoms with Crippen molar-refractivity contribution in [3.63, 3.8) is 0 Å². The van der Waals surface area contributed by atoms with E-state index in [9.17, 15) is 28.6 Å². The molecule has 0 saturated carbocycles. The normalized spacial score (nSPS) is 11.8. The molecule has 2 N–H and O–H groups in total. The van der Waals surface area contributed by atoms with E-state index < -0.39 is 34.7 Å². The van der Waals surface area contributed by atoms with Crippen molar-refractivity contribution in [2.24, 2.45) is 0 Å². The molecule has 0 aliphatic rings. The van der Waals surface area contributed by atoms with Gasteiger partial charge in [0.25, 0.3) is 0 Å². The van der Waals surface area contributed by atoms with Crippen molar-refractivity contribution in [1.82, 2.24) is 0 Å². The molecule has 0 bridgehead atoms. The minimum atomic E-state index is -0.867. The molecule has 1 atom stereocenters. The van der Waals surface area contributed by atoms with Gasteiger partial charge in [-0.05, 0) is 29.8 Å². The van der Waals surface area contributed by atoms with E-state index in [2.05, 4.69) is 0 Å². The van der Waals surface area contributed by atoms with Crippen LogP contribution in [-0.2, 0) is 15.3 Å². The fourth-order valence-electron chi connectivity index (χ4n) is 2.92. The van der Waals surface area contributed by atoms with Crippen molar-refractivity contribution < 1.29 is 32.9 Å². The highest BCUT2D eigenvalue weighted by molar-refractivity contribution is 7.98. The predicted octanol–water partition coefficient (Wildman–Crippen LogP) is 4.32. The average Bonchev–Trinajstić information content (AvgIpc) is 2.74. The molecule has 0 radical (unpaired) electrons. The number of thioether (sulfide) groups is 1. The Bertz CT molecular complexity index is 1140. The standard InChI is InChI=1S/C22H18F2O6S/c1-29-20(27)10-16(12-2-5-14(25)6-3-12)22-21(28)18(26)9-15(30-22)11-31-19-7-4-13(23)8-17(19)24/h2-9,16,25,28H,10-11H2,1H3/t16-/m0/s1. The van der Waals surface area contributed by atoms with Gasteiger partial charge in [0.15, 0.2) is 5.76 Å². The molecule has 3 rings (SSSR count). The fourth-order valence-corrected chi connectivity index (χ4v) is 3.72. The van der Waals surface area contributed by atoms with Crippen LogP contribution in [0.1, 0.15) is 29.4 Å². The molecule has 2 aromatic carbocycles. The highest BCUT2D eigenvalue weighted by Crippen LogP contribution is 2.35. The minimum Gasteiger partial charge on any atom is -0.508 e. The topological polar surface area (TPSA) is 97.0 Å². The van der Waals surface area contributed by atoms with Gasteiger partial charge in [-0.25, -0.2) is 8.78 Å². The molecule has 0 saturated heterocycles. The Labute approximate surface area is 180 Å². The maximum absolute atomic E-state index is 13.9. The highest BCUT2D eigenvalue weighted by Gasteiger charge is 2.26. The molecule has 1 aromatic heterocycles. The molecule has 0 aliphatic heterocycles. The van der Waals surface area contributed by atoms with Crippen LogP contribution >= 0.6 is 11.8 Å². The van der Waals surface area contributed by atoms with E-state index in [0.717, 1.165) is 30.0 Å². The summed E-state index contributed by atoms with van der Waals surface area (Å²) in [5.74, 6) is -3.60. The SMILES string of the molecule is COC(=O)C[C@@H](c1ccc(O)cc1)c1oc(CSc2ccc(F)cc2F)cc(=O)c1O. The molecule has 0 unspecified atom stereocenters. The van der Waals surface area contributed by atoms with Crippen molar-refractivity contribution in [2.45, 2.75) is 23.0 Å². The lowest BCUT2D eigenvalue weighted by Gasteiger charge is -2.17. The first-order valence-corrected chi connectivity index (χ1v) is 10.1. The van der Waals surface area contributed by atoms with Gasteiger partial charge in [0, 0.05) is 17.0 Å². The van der Waals surface area contributed by atoms with Gasteiger partial charge in [0.05, 0.1) is 25.2 Å². The van der Waals surface area contributed by atoms with Crippen molar-refractivity contribution in [3.05, 3.63) is 87.5 Å². The zero-order chi connectivity index (χ0) is 22.5. The zero-order valence-electron chi connectivity index (χ0n) is 16.3. The second-order valence-electron chi connectivity index (χ2n) is 6.58. The van der Waals surface area contributed by atoms with Crippen LogP contribution < -0.4 is 5.43 Å². The lowest BCUT2D eigenvalue weighted by molar-refractivity contribution is -0.140. The van der Waals surface area contributed by atoms with Gasteiger partial charge in [-0.3, -0.25) is 9.59 Å². The Hall–Kier alpha value is -3.33. The predicted molar refractivity (Wildman–Crippen MR) is 109 cm³/mol. The Kier molecular flexibility index (Phi) is 6.96. The van der Waals surface area contributed by atoms with Crippen molar-refractivity contribution >= 4 is 17.7 Å². The average molecular weight is 448 g/mol. The number of methoxy groups -OCH3 is 1. The zero-order valence-corrected chi connectivity index (χ0v) is 17.1. The van der Waals surface area contributed by atoms with Crippen LogP contribution in [0.5, 0.6) is 11.5 Å². The maximum Gasteiger partial charge on any atom is 0.306 e. The number of hydrogen-bond donors (Lipinski definition) is 2. The smallest absolute Gasteiger partial charge is 0.306 e.